The van der Waals surface area contributed by atoms with Gasteiger partial charge in [-0.15, -0.1) is 0 Å². The van der Waals surface area contributed by atoms with E-state index in [2.05, 4.69) is 408 Å². The molecule has 1 aliphatic carbocycles. The molecule has 448 valence electrons. The second-order valence-corrected chi connectivity index (χ2v) is 23.7. The molecule has 14 aromatic rings. The largest absolute Gasteiger partial charge is 0.314 e. The van der Waals surface area contributed by atoms with Crippen molar-refractivity contribution >= 4 is 68.1 Å². The van der Waals surface area contributed by atoms with E-state index in [1.807, 2.05) is 0 Å². The fourth-order valence-electron chi connectivity index (χ4n) is 12.9. The topological polar surface area (TPSA) is 13.0 Å². The Morgan fingerprint density at radius 1 is 0.138 bits per heavy atom. The van der Waals surface area contributed by atoms with Crippen LogP contribution in [0.3, 0.4) is 0 Å². The molecule has 0 unspecified atom stereocenters. The minimum Gasteiger partial charge on any atom is -0.314 e. The third kappa shape index (κ3) is 12.7. The van der Waals surface area contributed by atoms with Crippen molar-refractivity contribution in [2.24, 2.45) is 0 Å². The molecule has 94 heavy (non-hydrogen) atoms. The van der Waals surface area contributed by atoms with E-state index in [0.717, 1.165) is 97.7 Å². The molecule has 0 aliphatic heterocycles. The lowest BCUT2D eigenvalue weighted by Gasteiger charge is -2.30. The lowest BCUT2D eigenvalue weighted by Crippen LogP contribution is -2.17. The van der Waals surface area contributed by atoms with Crippen LogP contribution in [0.15, 0.2) is 394 Å². The zero-order valence-corrected chi connectivity index (χ0v) is 52.2. The van der Waals surface area contributed by atoms with Crippen molar-refractivity contribution in [3.05, 3.63) is 400 Å². The van der Waals surface area contributed by atoms with Crippen LogP contribution in [0.1, 0.15) is 18.4 Å². The number of allylic oxidation sites excluding steroid dienone is 4. The molecule has 4 nitrogen and oxygen atoms in total. The lowest BCUT2D eigenvalue weighted by atomic mass is 9.94. The van der Waals surface area contributed by atoms with Gasteiger partial charge < -0.3 is 19.6 Å². The van der Waals surface area contributed by atoms with Crippen LogP contribution in [0.4, 0.5) is 62.6 Å². The van der Waals surface area contributed by atoms with Crippen LogP contribution in [0.2, 0.25) is 0 Å². The number of hydrogen-bond donors (Lipinski definition) is 0. The summed E-state index contributed by atoms with van der Waals surface area (Å²) in [7, 11) is 0. The van der Waals surface area contributed by atoms with Crippen molar-refractivity contribution in [3.8, 4) is 55.6 Å². The Labute approximate surface area is 552 Å². The van der Waals surface area contributed by atoms with Gasteiger partial charge in [0.2, 0.25) is 0 Å². The molecule has 15 rings (SSSR count). The number of para-hydroxylation sites is 4. The highest BCUT2D eigenvalue weighted by Crippen LogP contribution is 2.43. The van der Waals surface area contributed by atoms with Gasteiger partial charge >= 0.3 is 0 Å². The molecule has 0 bridgehead atoms. The van der Waals surface area contributed by atoms with E-state index < -0.39 is 0 Å². The van der Waals surface area contributed by atoms with Crippen LogP contribution in [-0.2, 0) is 0 Å². The number of anilines is 11. The fraction of sp³-hybridized carbons (Fsp3) is 0.0222. The van der Waals surface area contributed by atoms with Crippen molar-refractivity contribution in [3.63, 3.8) is 0 Å². The van der Waals surface area contributed by atoms with Gasteiger partial charge in [0, 0.05) is 68.3 Å². The van der Waals surface area contributed by atoms with E-state index in [-0.39, 0.29) is 0 Å². The Bertz CT molecular complexity index is 4830. The first kappa shape index (κ1) is 58.2. The zero-order chi connectivity index (χ0) is 62.8. The highest BCUT2D eigenvalue weighted by Gasteiger charge is 2.21. The first-order valence-electron chi connectivity index (χ1n) is 32.3. The van der Waals surface area contributed by atoms with Gasteiger partial charge in [0.15, 0.2) is 0 Å². The summed E-state index contributed by atoms with van der Waals surface area (Å²) in [6.07, 6.45) is 6.49. The Kier molecular flexibility index (Phi) is 16.7. The van der Waals surface area contributed by atoms with Crippen LogP contribution in [0.25, 0.3) is 61.2 Å². The summed E-state index contributed by atoms with van der Waals surface area (Å²) in [6, 6.07) is 135. The van der Waals surface area contributed by atoms with Crippen LogP contribution >= 0.6 is 0 Å². The van der Waals surface area contributed by atoms with E-state index in [4.69, 9.17) is 0 Å². The predicted octanol–water partition coefficient (Wildman–Crippen LogP) is 25.3. The molecule has 1 aliphatic rings. The highest BCUT2D eigenvalue weighted by molar-refractivity contribution is 5.85. The standard InChI is InChI=1S/C90H68N4/c1-7-19-67(20-8-1)71-35-51-83(52-36-71)91(79-23-11-3-12-24-79)87-59-43-75(44-60-87)77-47-63-89(64-48-77)93(81-27-15-5-16-28-81)85-55-39-73(40-56-85)69-31-33-70(34-32-69)74-41-57-86(58-42-74)94(82-29-17-6-18-30-82)90-65-49-78(50-66-90)76-45-61-88(62-46-76)92(80-25-13-4-14-26-80)84-53-37-72(38-54-84)68-21-9-2-10-22-68/h1-45,47-61,63-66H,46,62H2. The van der Waals surface area contributed by atoms with Crippen molar-refractivity contribution < 1.29 is 0 Å². The van der Waals surface area contributed by atoms with Crippen LogP contribution in [-0.4, -0.2) is 0 Å². The number of benzene rings is 14. The molecule has 0 spiro atoms. The zero-order valence-electron chi connectivity index (χ0n) is 52.2. The average molecular weight is 1210 g/mol. The summed E-state index contributed by atoms with van der Waals surface area (Å²) in [5.74, 6) is 0. The third-order valence-electron chi connectivity index (χ3n) is 17.8. The van der Waals surface area contributed by atoms with Gasteiger partial charge in [-0.2, -0.15) is 0 Å². The smallest absolute Gasteiger partial charge is 0.0462 e. The Morgan fingerprint density at radius 3 is 0.553 bits per heavy atom. The van der Waals surface area contributed by atoms with Crippen molar-refractivity contribution in [2.75, 3.05) is 19.6 Å². The third-order valence-corrected chi connectivity index (χ3v) is 17.8. The molecule has 0 aromatic heterocycles. The van der Waals surface area contributed by atoms with E-state index >= 15 is 0 Å². The molecule has 0 amide bonds. The first-order valence-corrected chi connectivity index (χ1v) is 32.3. The second-order valence-electron chi connectivity index (χ2n) is 23.7. The molecule has 0 saturated carbocycles. The summed E-state index contributed by atoms with van der Waals surface area (Å²) in [5, 5.41) is 0. The van der Waals surface area contributed by atoms with E-state index in [1.54, 1.807) is 0 Å². The summed E-state index contributed by atoms with van der Waals surface area (Å²) in [6.45, 7) is 0. The molecule has 14 aromatic carbocycles. The van der Waals surface area contributed by atoms with Gasteiger partial charge in [0.05, 0.1) is 0 Å². The highest BCUT2D eigenvalue weighted by atomic mass is 15.2. The second kappa shape index (κ2) is 27.1. The maximum Gasteiger partial charge on any atom is 0.0462 e. The molecule has 0 heterocycles. The number of hydrogen-bond acceptors (Lipinski definition) is 4. The molecule has 0 saturated heterocycles. The first-order chi connectivity index (χ1) is 46.6. The van der Waals surface area contributed by atoms with Crippen LogP contribution in [0.5, 0.6) is 0 Å². The molecular formula is C90H68N4. The van der Waals surface area contributed by atoms with Gasteiger partial charge in [-0.1, -0.05) is 249 Å². The Balaban J connectivity index is 0.627. The van der Waals surface area contributed by atoms with E-state index in [9.17, 15) is 0 Å². The van der Waals surface area contributed by atoms with Crippen molar-refractivity contribution in [1.29, 1.82) is 0 Å². The summed E-state index contributed by atoms with van der Waals surface area (Å²) >= 11 is 0. The quantitative estimate of drug-likeness (QED) is 0.0849. The summed E-state index contributed by atoms with van der Waals surface area (Å²) in [4.78, 5) is 9.39. The lowest BCUT2D eigenvalue weighted by molar-refractivity contribution is 0.930. The normalized spacial score (nSPS) is 11.9. The molecular weight excluding hydrogens is 1140 g/mol. The Morgan fingerprint density at radius 2 is 0.319 bits per heavy atom. The van der Waals surface area contributed by atoms with Gasteiger partial charge in [-0.3, -0.25) is 0 Å². The van der Waals surface area contributed by atoms with Gasteiger partial charge in [-0.05, 0) is 219 Å². The summed E-state index contributed by atoms with van der Waals surface area (Å²) < 4.78 is 0. The van der Waals surface area contributed by atoms with Gasteiger partial charge in [-0.25, -0.2) is 0 Å². The minimum absolute atomic E-state index is 0.925. The minimum atomic E-state index is 0.925. The molecule has 0 fully saturated rings. The van der Waals surface area contributed by atoms with Crippen molar-refractivity contribution in [1.82, 2.24) is 0 Å². The summed E-state index contributed by atoms with van der Waals surface area (Å²) in [5.41, 5.74) is 27.9. The monoisotopic (exact) mass is 1200 g/mol. The maximum atomic E-state index is 2.40. The maximum absolute atomic E-state index is 2.40. The number of nitrogens with zero attached hydrogens (tertiary/aromatic N) is 4. The molecule has 0 radical (unpaired) electrons. The Hall–Kier alpha value is -12.2. The molecule has 0 N–H and O–H groups in total. The van der Waals surface area contributed by atoms with Crippen LogP contribution < -0.4 is 19.6 Å². The van der Waals surface area contributed by atoms with Crippen LogP contribution in [0, 0.1) is 0 Å². The predicted molar refractivity (Wildman–Crippen MR) is 398 cm³/mol. The van der Waals surface area contributed by atoms with E-state index in [0.29, 0.717) is 0 Å². The van der Waals surface area contributed by atoms with Gasteiger partial charge in [0.1, 0.15) is 0 Å². The SMILES string of the molecule is C1=C(c2ccc(N(c3ccccc3)c3ccc(-c4ccc(-c5ccc(N(c6ccccc6)c6ccc(-c7ccc(N(c8ccccc8)c8ccc(-c9ccccc9)cc8)cc7)cc6)cc5)cc4)cc3)cc2)CCC(N(c2ccccc2)c2ccc(-c3ccccc3)cc2)=C1. The van der Waals surface area contributed by atoms with Crippen molar-refractivity contribution in [2.45, 2.75) is 12.8 Å². The van der Waals surface area contributed by atoms with Gasteiger partial charge in [0.25, 0.3) is 0 Å². The van der Waals surface area contributed by atoms with E-state index in [1.165, 1.54) is 50.2 Å². The fourth-order valence-corrected chi connectivity index (χ4v) is 12.9. The molecule has 0 atom stereocenters. The molecule has 4 heteroatoms. The average Bonchev–Trinajstić information content (AvgIpc) is 1.52. The number of rotatable bonds is 18.